The highest BCUT2D eigenvalue weighted by molar-refractivity contribution is 5.22. The van der Waals surface area contributed by atoms with E-state index in [1.54, 1.807) is 19.3 Å². The van der Waals surface area contributed by atoms with Crippen molar-refractivity contribution in [3.05, 3.63) is 29.6 Å². The lowest BCUT2D eigenvalue weighted by Gasteiger charge is -2.23. The van der Waals surface area contributed by atoms with Crippen LogP contribution in [-0.2, 0) is 5.60 Å². The van der Waals surface area contributed by atoms with E-state index < -0.39 is 5.60 Å². The first-order chi connectivity index (χ1) is 6.56. The summed E-state index contributed by atoms with van der Waals surface area (Å²) in [5.41, 5.74) is 1.09. The van der Waals surface area contributed by atoms with E-state index in [2.05, 4.69) is 10.3 Å². The Balaban J connectivity index is 2.80. The predicted molar refractivity (Wildman–Crippen MR) is 57.1 cm³/mol. The normalized spacial score (nSPS) is 15.1. The maximum absolute atomic E-state index is 10.1. The summed E-state index contributed by atoms with van der Waals surface area (Å²) in [5.74, 6) is 0. The van der Waals surface area contributed by atoms with Crippen LogP contribution in [0, 0.1) is 6.92 Å². The summed E-state index contributed by atoms with van der Waals surface area (Å²) in [7, 11) is 0. The van der Waals surface area contributed by atoms with Crippen molar-refractivity contribution in [2.24, 2.45) is 0 Å². The molecule has 0 fully saturated rings. The van der Waals surface area contributed by atoms with Crippen molar-refractivity contribution in [1.29, 1.82) is 0 Å². The Morgan fingerprint density at radius 3 is 2.79 bits per heavy atom. The van der Waals surface area contributed by atoms with Gasteiger partial charge in [0.2, 0.25) is 0 Å². The fraction of sp³-hybridized carbons (Fsp3) is 0.545. The molecule has 1 atom stereocenters. The number of aryl methyl sites for hydroxylation is 1. The number of aliphatic hydroxyl groups is 1. The molecule has 0 radical (unpaired) electrons. The first kappa shape index (κ1) is 11.1. The smallest absolute Gasteiger partial charge is 0.101 e. The van der Waals surface area contributed by atoms with Gasteiger partial charge < -0.3 is 10.4 Å². The van der Waals surface area contributed by atoms with Crippen molar-refractivity contribution in [3.63, 3.8) is 0 Å². The molecule has 1 aromatic rings. The van der Waals surface area contributed by atoms with Crippen molar-refractivity contribution in [3.8, 4) is 0 Å². The molecule has 0 saturated heterocycles. The highest BCUT2D eigenvalue weighted by Gasteiger charge is 2.22. The van der Waals surface area contributed by atoms with Gasteiger partial charge in [0.05, 0.1) is 0 Å². The van der Waals surface area contributed by atoms with Crippen molar-refractivity contribution < 1.29 is 5.11 Å². The van der Waals surface area contributed by atoms with Crippen LogP contribution < -0.4 is 5.32 Å². The van der Waals surface area contributed by atoms with Crippen molar-refractivity contribution >= 4 is 0 Å². The van der Waals surface area contributed by atoms with E-state index in [0.717, 1.165) is 17.7 Å². The lowest BCUT2D eigenvalue weighted by Crippen LogP contribution is -2.35. The Labute approximate surface area is 85.2 Å². The molecule has 1 unspecified atom stereocenters. The second kappa shape index (κ2) is 4.53. The average molecular weight is 194 g/mol. The Bertz CT molecular complexity index is 297. The largest absolute Gasteiger partial charge is 0.384 e. The quantitative estimate of drug-likeness (QED) is 0.757. The van der Waals surface area contributed by atoms with Crippen LogP contribution in [0.15, 0.2) is 18.5 Å². The van der Waals surface area contributed by atoms with E-state index in [1.165, 1.54) is 0 Å². The summed E-state index contributed by atoms with van der Waals surface area (Å²) < 4.78 is 0. The number of aromatic nitrogens is 1. The second-order valence-corrected chi connectivity index (χ2v) is 3.81. The Morgan fingerprint density at radius 1 is 1.50 bits per heavy atom. The topological polar surface area (TPSA) is 45.1 Å². The van der Waals surface area contributed by atoms with Gasteiger partial charge in [-0.3, -0.25) is 4.98 Å². The first-order valence-electron chi connectivity index (χ1n) is 4.91. The number of nitrogens with zero attached hydrogens (tertiary/aromatic N) is 1. The van der Waals surface area contributed by atoms with E-state index in [9.17, 15) is 5.11 Å². The van der Waals surface area contributed by atoms with E-state index in [4.69, 9.17) is 0 Å². The van der Waals surface area contributed by atoms with Gasteiger partial charge in [-0.1, -0.05) is 13.0 Å². The molecule has 14 heavy (non-hydrogen) atoms. The SMILES string of the molecule is CCNCC(C)(O)c1cncc(C)c1. The molecular weight excluding hydrogens is 176 g/mol. The molecule has 0 aliphatic heterocycles. The van der Waals surface area contributed by atoms with Crippen LogP contribution in [-0.4, -0.2) is 23.2 Å². The van der Waals surface area contributed by atoms with Crippen LogP contribution in [0.1, 0.15) is 25.0 Å². The molecule has 0 amide bonds. The van der Waals surface area contributed by atoms with Gasteiger partial charge in [0, 0.05) is 24.5 Å². The highest BCUT2D eigenvalue weighted by Crippen LogP contribution is 2.19. The van der Waals surface area contributed by atoms with Crippen LogP contribution in [0.5, 0.6) is 0 Å². The van der Waals surface area contributed by atoms with Crippen molar-refractivity contribution in [1.82, 2.24) is 10.3 Å². The first-order valence-corrected chi connectivity index (χ1v) is 4.91. The Morgan fingerprint density at radius 2 is 2.21 bits per heavy atom. The third-order valence-corrected chi connectivity index (χ3v) is 2.22. The standard InChI is InChI=1S/C11H18N2O/c1-4-12-8-11(3,14)10-5-9(2)6-13-7-10/h5-7,12,14H,4,8H2,1-3H3. The molecule has 3 nitrogen and oxygen atoms in total. The summed E-state index contributed by atoms with van der Waals surface area (Å²) in [4.78, 5) is 4.07. The highest BCUT2D eigenvalue weighted by atomic mass is 16.3. The van der Waals surface area contributed by atoms with E-state index in [0.29, 0.717) is 6.54 Å². The van der Waals surface area contributed by atoms with Gasteiger partial charge in [0.25, 0.3) is 0 Å². The molecular formula is C11H18N2O. The lowest BCUT2D eigenvalue weighted by atomic mass is 9.97. The lowest BCUT2D eigenvalue weighted by molar-refractivity contribution is 0.0572. The van der Waals surface area contributed by atoms with Gasteiger partial charge in [-0.15, -0.1) is 0 Å². The van der Waals surface area contributed by atoms with Gasteiger partial charge >= 0.3 is 0 Å². The molecule has 0 aromatic carbocycles. The molecule has 1 aromatic heterocycles. The molecule has 2 N–H and O–H groups in total. The average Bonchev–Trinajstić information content (AvgIpc) is 2.15. The fourth-order valence-corrected chi connectivity index (χ4v) is 1.32. The molecule has 0 aliphatic rings. The van der Waals surface area contributed by atoms with Gasteiger partial charge in [-0.05, 0) is 26.0 Å². The zero-order valence-corrected chi connectivity index (χ0v) is 9.04. The summed E-state index contributed by atoms with van der Waals surface area (Å²) in [6.45, 7) is 7.19. The van der Waals surface area contributed by atoms with E-state index in [-0.39, 0.29) is 0 Å². The second-order valence-electron chi connectivity index (χ2n) is 3.81. The third-order valence-electron chi connectivity index (χ3n) is 2.22. The van der Waals surface area contributed by atoms with Gasteiger partial charge in [-0.25, -0.2) is 0 Å². The predicted octanol–water partition coefficient (Wildman–Crippen LogP) is 1.21. The minimum atomic E-state index is -0.838. The number of pyridine rings is 1. The zero-order chi connectivity index (χ0) is 10.6. The molecule has 0 spiro atoms. The number of rotatable bonds is 4. The number of hydrogen-bond acceptors (Lipinski definition) is 3. The monoisotopic (exact) mass is 194 g/mol. The minimum Gasteiger partial charge on any atom is -0.384 e. The number of nitrogens with one attached hydrogen (secondary N) is 1. The maximum atomic E-state index is 10.1. The van der Waals surface area contributed by atoms with Crippen LogP contribution in [0.2, 0.25) is 0 Å². The van der Waals surface area contributed by atoms with Gasteiger partial charge in [0.15, 0.2) is 0 Å². The maximum Gasteiger partial charge on any atom is 0.101 e. The molecule has 0 bridgehead atoms. The molecule has 0 saturated carbocycles. The van der Waals surface area contributed by atoms with E-state index in [1.807, 2.05) is 19.9 Å². The fourth-order valence-electron chi connectivity index (χ4n) is 1.32. The minimum absolute atomic E-state index is 0.550. The van der Waals surface area contributed by atoms with Crippen molar-refractivity contribution in [2.75, 3.05) is 13.1 Å². The molecule has 3 heteroatoms. The molecule has 78 valence electrons. The van der Waals surface area contributed by atoms with E-state index >= 15 is 0 Å². The molecule has 0 aliphatic carbocycles. The molecule has 1 rings (SSSR count). The summed E-state index contributed by atoms with van der Waals surface area (Å²) >= 11 is 0. The Hall–Kier alpha value is -0.930. The summed E-state index contributed by atoms with van der Waals surface area (Å²) in [5, 5.41) is 13.3. The van der Waals surface area contributed by atoms with Gasteiger partial charge in [-0.2, -0.15) is 0 Å². The number of likely N-dealkylation sites (N-methyl/N-ethyl adjacent to an activating group) is 1. The third kappa shape index (κ3) is 2.79. The van der Waals surface area contributed by atoms with Gasteiger partial charge in [0.1, 0.15) is 5.60 Å². The van der Waals surface area contributed by atoms with Crippen LogP contribution in [0.3, 0.4) is 0 Å². The zero-order valence-electron chi connectivity index (χ0n) is 9.04. The van der Waals surface area contributed by atoms with Crippen LogP contribution in [0.4, 0.5) is 0 Å². The van der Waals surface area contributed by atoms with Crippen molar-refractivity contribution in [2.45, 2.75) is 26.4 Å². The summed E-state index contributed by atoms with van der Waals surface area (Å²) in [6, 6.07) is 1.96. The number of hydrogen-bond donors (Lipinski definition) is 2. The van der Waals surface area contributed by atoms with Crippen LogP contribution in [0.25, 0.3) is 0 Å². The summed E-state index contributed by atoms with van der Waals surface area (Å²) in [6.07, 6.45) is 3.50. The van der Waals surface area contributed by atoms with Crippen LogP contribution >= 0.6 is 0 Å². The Kier molecular flexibility index (Phi) is 3.61. The molecule has 1 heterocycles.